The van der Waals surface area contributed by atoms with Gasteiger partial charge in [0.15, 0.2) is 5.78 Å². The zero-order valence-corrected chi connectivity index (χ0v) is 9.03. The van der Waals surface area contributed by atoms with Crippen LogP contribution in [0, 0.1) is 5.92 Å². The topological polar surface area (TPSA) is 30.2 Å². The van der Waals surface area contributed by atoms with Gasteiger partial charge in [0.25, 0.3) is 0 Å². The van der Waals surface area contributed by atoms with Crippen molar-refractivity contribution in [2.45, 2.75) is 32.6 Å². The molecule has 0 spiro atoms. The van der Waals surface area contributed by atoms with Crippen LogP contribution < -0.4 is 0 Å². The van der Waals surface area contributed by atoms with Crippen LogP contribution in [0.3, 0.4) is 0 Å². The minimum absolute atomic E-state index is 0.253. The summed E-state index contributed by atoms with van der Waals surface area (Å²) in [7, 11) is 0. The van der Waals surface area contributed by atoms with Crippen molar-refractivity contribution in [2.75, 3.05) is 0 Å². The average molecular weight is 204 g/mol. The molecule has 0 radical (unpaired) electrons. The number of hydrogen-bond donors (Lipinski definition) is 0. The highest BCUT2D eigenvalue weighted by atomic mass is 16.3. The third-order valence-corrected chi connectivity index (χ3v) is 2.98. The number of allylic oxidation sites excluding steroid dienone is 2. The second-order valence-electron chi connectivity index (χ2n) is 4.34. The molecular weight excluding hydrogens is 188 g/mol. The Morgan fingerprint density at radius 3 is 3.07 bits per heavy atom. The van der Waals surface area contributed by atoms with E-state index in [0.717, 1.165) is 36.3 Å². The third-order valence-electron chi connectivity index (χ3n) is 2.98. The molecule has 1 aliphatic carbocycles. The molecule has 0 saturated carbocycles. The lowest BCUT2D eigenvalue weighted by Gasteiger charge is -2.16. The summed E-state index contributed by atoms with van der Waals surface area (Å²) in [6.45, 7) is 2.23. The van der Waals surface area contributed by atoms with Gasteiger partial charge in [0.2, 0.25) is 0 Å². The highest BCUT2D eigenvalue weighted by molar-refractivity contribution is 5.96. The highest BCUT2D eigenvalue weighted by Gasteiger charge is 2.16. The first-order chi connectivity index (χ1) is 7.25. The second kappa shape index (κ2) is 4.47. The molecule has 0 fully saturated rings. The van der Waals surface area contributed by atoms with E-state index in [0.29, 0.717) is 6.42 Å². The van der Waals surface area contributed by atoms with E-state index in [1.807, 2.05) is 6.07 Å². The molecule has 2 heteroatoms. The monoisotopic (exact) mass is 204 g/mol. The van der Waals surface area contributed by atoms with Crippen molar-refractivity contribution < 1.29 is 9.21 Å². The van der Waals surface area contributed by atoms with Gasteiger partial charge in [-0.25, -0.2) is 0 Å². The van der Waals surface area contributed by atoms with Crippen LogP contribution in [-0.2, 0) is 11.2 Å². The first-order valence-corrected chi connectivity index (χ1v) is 5.49. The molecule has 15 heavy (non-hydrogen) atoms. The number of Topliss-reactive ketones (excluding diaryl/α,β-unsaturated/α-hetero) is 1. The van der Waals surface area contributed by atoms with Gasteiger partial charge in [0, 0.05) is 6.42 Å². The zero-order chi connectivity index (χ0) is 10.7. The van der Waals surface area contributed by atoms with Crippen LogP contribution in [0.4, 0.5) is 0 Å². The maximum Gasteiger partial charge on any atom is 0.163 e. The van der Waals surface area contributed by atoms with Gasteiger partial charge in [0.1, 0.15) is 0 Å². The fraction of sp³-hybridized carbons (Fsp3) is 0.462. The Hall–Kier alpha value is -1.31. The third kappa shape index (κ3) is 2.58. The van der Waals surface area contributed by atoms with Gasteiger partial charge >= 0.3 is 0 Å². The van der Waals surface area contributed by atoms with Crippen molar-refractivity contribution in [3.05, 3.63) is 35.8 Å². The fourth-order valence-corrected chi connectivity index (χ4v) is 1.91. The Kier molecular flexibility index (Phi) is 3.05. The van der Waals surface area contributed by atoms with Crippen LogP contribution in [0.5, 0.6) is 0 Å². The number of hydrogen-bond acceptors (Lipinski definition) is 2. The van der Waals surface area contributed by atoms with E-state index >= 15 is 0 Å². The molecule has 1 aromatic rings. The first kappa shape index (κ1) is 10.2. The molecule has 0 bridgehead atoms. The summed E-state index contributed by atoms with van der Waals surface area (Å²) in [4.78, 5) is 11.9. The molecule has 1 aliphatic rings. The Bertz CT molecular complexity index is 360. The van der Waals surface area contributed by atoms with Crippen LogP contribution >= 0.6 is 0 Å². The molecule has 1 atom stereocenters. The SMILES string of the molecule is CC1CC=C(C(=O)Cc2ccoc2)CC1. The number of ketones is 1. The highest BCUT2D eigenvalue weighted by Crippen LogP contribution is 2.24. The first-order valence-electron chi connectivity index (χ1n) is 5.49. The van der Waals surface area contributed by atoms with Crippen LogP contribution in [0.2, 0.25) is 0 Å². The summed E-state index contributed by atoms with van der Waals surface area (Å²) in [5.74, 6) is 0.985. The van der Waals surface area contributed by atoms with Crippen molar-refractivity contribution in [1.29, 1.82) is 0 Å². The van der Waals surface area contributed by atoms with Gasteiger partial charge in [-0.05, 0) is 42.4 Å². The van der Waals surface area contributed by atoms with Gasteiger partial charge in [0.05, 0.1) is 12.5 Å². The van der Waals surface area contributed by atoms with Crippen molar-refractivity contribution in [3.63, 3.8) is 0 Å². The predicted molar refractivity (Wildman–Crippen MR) is 58.5 cm³/mol. The Labute approximate surface area is 90.0 Å². The molecule has 1 heterocycles. The molecule has 0 N–H and O–H groups in total. The second-order valence-corrected chi connectivity index (χ2v) is 4.34. The summed E-state index contributed by atoms with van der Waals surface area (Å²) in [5, 5.41) is 0. The zero-order valence-electron chi connectivity index (χ0n) is 9.03. The largest absolute Gasteiger partial charge is 0.472 e. The van der Waals surface area contributed by atoms with Crippen LogP contribution in [0.1, 0.15) is 31.7 Å². The lowest BCUT2D eigenvalue weighted by molar-refractivity contribution is -0.115. The van der Waals surface area contributed by atoms with E-state index in [1.54, 1.807) is 12.5 Å². The summed E-state index contributed by atoms with van der Waals surface area (Å²) < 4.78 is 4.95. The Morgan fingerprint density at radius 2 is 2.47 bits per heavy atom. The van der Waals surface area contributed by atoms with E-state index in [-0.39, 0.29) is 5.78 Å². The van der Waals surface area contributed by atoms with E-state index in [9.17, 15) is 4.79 Å². The van der Waals surface area contributed by atoms with Crippen molar-refractivity contribution in [2.24, 2.45) is 5.92 Å². The van der Waals surface area contributed by atoms with Gasteiger partial charge in [-0.1, -0.05) is 13.0 Å². The lowest BCUT2D eigenvalue weighted by Crippen LogP contribution is -2.11. The van der Waals surface area contributed by atoms with E-state index in [4.69, 9.17) is 4.42 Å². The Morgan fingerprint density at radius 1 is 1.60 bits per heavy atom. The normalized spacial score (nSPS) is 21.1. The number of rotatable bonds is 3. The number of carbonyl (C=O) groups excluding carboxylic acids is 1. The number of carbonyl (C=O) groups is 1. The van der Waals surface area contributed by atoms with Gasteiger partial charge in [-0.2, -0.15) is 0 Å². The minimum atomic E-state index is 0.253. The lowest BCUT2D eigenvalue weighted by atomic mass is 9.88. The maximum atomic E-state index is 11.9. The predicted octanol–water partition coefficient (Wildman–Crippen LogP) is 3.14. The molecular formula is C13H16O2. The molecule has 1 unspecified atom stereocenters. The number of furan rings is 1. The molecule has 0 aliphatic heterocycles. The average Bonchev–Trinajstić information content (AvgIpc) is 2.71. The van der Waals surface area contributed by atoms with Gasteiger partial charge in [-0.15, -0.1) is 0 Å². The van der Waals surface area contributed by atoms with Crippen LogP contribution in [0.15, 0.2) is 34.7 Å². The summed E-state index contributed by atoms with van der Waals surface area (Å²) in [5.41, 5.74) is 1.98. The van der Waals surface area contributed by atoms with Crippen molar-refractivity contribution in [3.8, 4) is 0 Å². The van der Waals surface area contributed by atoms with E-state index in [1.165, 1.54) is 0 Å². The van der Waals surface area contributed by atoms with Gasteiger partial charge < -0.3 is 4.42 Å². The Balaban J connectivity index is 1.97. The quantitative estimate of drug-likeness (QED) is 0.757. The molecule has 2 nitrogen and oxygen atoms in total. The minimum Gasteiger partial charge on any atom is -0.472 e. The molecule has 0 aromatic carbocycles. The molecule has 1 aromatic heterocycles. The smallest absolute Gasteiger partial charge is 0.163 e. The van der Waals surface area contributed by atoms with Gasteiger partial charge in [-0.3, -0.25) is 4.79 Å². The summed E-state index contributed by atoms with van der Waals surface area (Å²) in [6.07, 6.45) is 8.98. The van der Waals surface area contributed by atoms with Crippen molar-refractivity contribution in [1.82, 2.24) is 0 Å². The van der Waals surface area contributed by atoms with Crippen LogP contribution in [-0.4, -0.2) is 5.78 Å². The maximum absolute atomic E-state index is 11.9. The van der Waals surface area contributed by atoms with Crippen LogP contribution in [0.25, 0.3) is 0 Å². The molecule has 80 valence electrons. The standard InChI is InChI=1S/C13H16O2/c1-10-2-4-12(5-3-10)13(14)8-11-6-7-15-9-11/h4,6-7,9-10H,2-3,5,8H2,1H3. The molecule has 2 rings (SSSR count). The van der Waals surface area contributed by atoms with Crippen molar-refractivity contribution >= 4 is 5.78 Å². The fourth-order valence-electron chi connectivity index (χ4n) is 1.91. The van der Waals surface area contributed by atoms with E-state index < -0.39 is 0 Å². The molecule has 0 saturated heterocycles. The van der Waals surface area contributed by atoms with E-state index in [2.05, 4.69) is 13.0 Å². The molecule has 0 amide bonds. The summed E-state index contributed by atoms with van der Waals surface area (Å²) >= 11 is 0. The summed E-state index contributed by atoms with van der Waals surface area (Å²) in [6, 6.07) is 1.85.